The first kappa shape index (κ1) is 20.5. The molecule has 0 aliphatic carbocycles. The summed E-state index contributed by atoms with van der Waals surface area (Å²) in [5, 5.41) is 0. The van der Waals surface area contributed by atoms with Gasteiger partial charge in [0.25, 0.3) is 5.70 Å². The standard InChI is InChI=1S/C14H18NO3S2.HI/c1-4-18-12(17)10-11(16)13(14(19-2)20-3)15-8-6-5-7-9-15;/h5-9H,4,10H2,1-3H3;1H/q+1;/p-1. The maximum absolute atomic E-state index is 12.4. The third-order valence-corrected chi connectivity index (χ3v) is 4.54. The molecule has 0 atom stereocenters. The number of ether oxygens (including phenoxy) is 1. The number of thioether (sulfide) groups is 2. The van der Waals surface area contributed by atoms with Gasteiger partial charge in [-0.2, -0.15) is 4.57 Å². The summed E-state index contributed by atoms with van der Waals surface area (Å²) in [5.41, 5.74) is 0.513. The zero-order chi connectivity index (χ0) is 15.0. The minimum Gasteiger partial charge on any atom is -1.00 e. The highest BCUT2D eigenvalue weighted by Gasteiger charge is 2.27. The van der Waals surface area contributed by atoms with Crippen molar-refractivity contribution in [3.05, 3.63) is 34.8 Å². The molecule has 0 aliphatic heterocycles. The summed E-state index contributed by atoms with van der Waals surface area (Å²) < 4.78 is 7.45. The summed E-state index contributed by atoms with van der Waals surface area (Å²) in [6, 6.07) is 5.56. The molecular formula is C14H18INO3S2. The molecular weight excluding hydrogens is 421 g/mol. The average molecular weight is 439 g/mol. The van der Waals surface area contributed by atoms with Crippen LogP contribution in [-0.2, 0) is 14.3 Å². The molecule has 1 rings (SSSR count). The number of esters is 1. The zero-order valence-electron chi connectivity index (χ0n) is 12.2. The predicted molar refractivity (Wildman–Crippen MR) is 83.1 cm³/mol. The normalized spacial score (nSPS) is 9.48. The summed E-state index contributed by atoms with van der Waals surface area (Å²) in [4.78, 5) is 23.9. The third kappa shape index (κ3) is 6.39. The fourth-order valence-corrected chi connectivity index (χ4v) is 3.11. The van der Waals surface area contributed by atoms with Gasteiger partial charge in [0.05, 0.1) is 6.61 Å². The van der Waals surface area contributed by atoms with Crippen LogP contribution in [-0.4, -0.2) is 30.9 Å². The van der Waals surface area contributed by atoms with E-state index in [9.17, 15) is 9.59 Å². The second-order valence-electron chi connectivity index (χ2n) is 3.73. The van der Waals surface area contributed by atoms with Crippen molar-refractivity contribution in [2.24, 2.45) is 0 Å². The largest absolute Gasteiger partial charge is 1.00 e. The Kier molecular flexibility index (Phi) is 10.8. The highest BCUT2D eigenvalue weighted by Crippen LogP contribution is 2.28. The second kappa shape index (κ2) is 11.1. The van der Waals surface area contributed by atoms with E-state index in [0.29, 0.717) is 5.70 Å². The Hall–Kier alpha value is -0.540. The van der Waals surface area contributed by atoms with Gasteiger partial charge >= 0.3 is 5.97 Å². The van der Waals surface area contributed by atoms with E-state index in [1.807, 2.05) is 30.7 Å². The van der Waals surface area contributed by atoms with Crippen molar-refractivity contribution in [2.45, 2.75) is 13.3 Å². The molecule has 0 aliphatic rings. The van der Waals surface area contributed by atoms with E-state index >= 15 is 0 Å². The van der Waals surface area contributed by atoms with E-state index in [2.05, 4.69) is 0 Å². The van der Waals surface area contributed by atoms with Gasteiger partial charge in [0, 0.05) is 12.1 Å². The molecule has 0 amide bonds. The zero-order valence-corrected chi connectivity index (χ0v) is 16.0. The van der Waals surface area contributed by atoms with Crippen LogP contribution in [0.25, 0.3) is 5.70 Å². The first-order valence-corrected chi connectivity index (χ1v) is 8.56. The van der Waals surface area contributed by atoms with Crippen molar-refractivity contribution in [1.82, 2.24) is 0 Å². The first-order valence-electron chi connectivity index (χ1n) is 6.11. The van der Waals surface area contributed by atoms with Crippen molar-refractivity contribution < 1.29 is 42.9 Å². The Morgan fingerprint density at radius 1 is 1.10 bits per heavy atom. The number of hydrogen-bond acceptors (Lipinski definition) is 5. The van der Waals surface area contributed by atoms with Crippen LogP contribution in [0, 0.1) is 0 Å². The molecule has 0 saturated carbocycles. The fraction of sp³-hybridized carbons (Fsp3) is 0.357. The number of halogens is 1. The monoisotopic (exact) mass is 439 g/mol. The highest BCUT2D eigenvalue weighted by atomic mass is 127. The summed E-state index contributed by atoms with van der Waals surface area (Å²) in [7, 11) is 0. The van der Waals surface area contributed by atoms with Crippen molar-refractivity contribution in [2.75, 3.05) is 19.1 Å². The van der Waals surface area contributed by atoms with Gasteiger partial charge in [-0.05, 0) is 19.4 Å². The molecule has 0 bridgehead atoms. The minimum absolute atomic E-state index is 0. The predicted octanol–water partition coefficient (Wildman–Crippen LogP) is -0.647. The molecule has 0 N–H and O–H groups in total. The van der Waals surface area contributed by atoms with Crippen LogP contribution in [0.4, 0.5) is 0 Å². The average Bonchev–Trinajstić information content (AvgIpc) is 2.45. The number of carbonyl (C=O) groups is 2. The number of Topliss-reactive ketones (excluding diaryl/α,β-unsaturated/α-hetero) is 1. The molecule has 0 fully saturated rings. The van der Waals surface area contributed by atoms with Crippen LogP contribution in [0.2, 0.25) is 0 Å². The van der Waals surface area contributed by atoms with E-state index in [1.54, 1.807) is 23.9 Å². The van der Waals surface area contributed by atoms with Crippen molar-refractivity contribution in [1.29, 1.82) is 0 Å². The number of hydrogen-bond donors (Lipinski definition) is 0. The maximum atomic E-state index is 12.4. The van der Waals surface area contributed by atoms with Gasteiger partial charge in [-0.25, -0.2) is 0 Å². The second-order valence-corrected chi connectivity index (χ2v) is 5.62. The lowest BCUT2D eigenvalue weighted by atomic mass is 10.2. The molecule has 1 aromatic rings. The Morgan fingerprint density at radius 2 is 1.67 bits per heavy atom. The first-order chi connectivity index (χ1) is 9.63. The smallest absolute Gasteiger partial charge is 0.313 e. The highest BCUT2D eigenvalue weighted by molar-refractivity contribution is 8.21. The maximum Gasteiger partial charge on any atom is 0.313 e. The molecule has 0 spiro atoms. The summed E-state index contributed by atoms with van der Waals surface area (Å²) in [6.07, 6.45) is 7.17. The van der Waals surface area contributed by atoms with Crippen LogP contribution in [0.1, 0.15) is 13.3 Å². The van der Waals surface area contributed by atoms with Crippen LogP contribution in [0.15, 0.2) is 34.8 Å². The number of rotatable bonds is 7. The van der Waals surface area contributed by atoms with Crippen molar-refractivity contribution in [3.8, 4) is 0 Å². The van der Waals surface area contributed by atoms with Gasteiger partial charge in [-0.3, -0.25) is 9.59 Å². The number of carbonyl (C=O) groups excluding carboxylic acids is 2. The Morgan fingerprint density at radius 3 is 2.14 bits per heavy atom. The van der Waals surface area contributed by atoms with Gasteiger partial charge in [-0.15, -0.1) is 23.5 Å². The van der Waals surface area contributed by atoms with Crippen LogP contribution < -0.4 is 28.5 Å². The SMILES string of the molecule is CCOC(=O)CC(=O)C(=C(SC)SC)[n+]1ccccc1.[I-]. The quantitative estimate of drug-likeness (QED) is 0.186. The molecule has 0 saturated heterocycles. The lowest BCUT2D eigenvalue weighted by Crippen LogP contribution is -3.00. The number of pyridine rings is 1. The van der Waals surface area contributed by atoms with Crippen LogP contribution >= 0.6 is 23.5 Å². The lowest BCUT2D eigenvalue weighted by molar-refractivity contribution is -0.577. The number of allylic oxidation sites excluding steroid dienone is 1. The molecule has 7 heteroatoms. The number of nitrogens with zero attached hydrogens (tertiary/aromatic N) is 1. The van der Waals surface area contributed by atoms with E-state index < -0.39 is 5.97 Å². The van der Waals surface area contributed by atoms with Crippen LogP contribution in [0.3, 0.4) is 0 Å². The van der Waals surface area contributed by atoms with Gasteiger partial charge < -0.3 is 28.7 Å². The van der Waals surface area contributed by atoms with Gasteiger partial charge in [0.15, 0.2) is 12.4 Å². The third-order valence-electron chi connectivity index (χ3n) is 2.41. The number of ketones is 1. The fourth-order valence-electron chi connectivity index (χ4n) is 1.61. The van der Waals surface area contributed by atoms with Gasteiger partial charge in [0.2, 0.25) is 5.78 Å². The Labute approximate surface area is 150 Å². The summed E-state index contributed by atoms with van der Waals surface area (Å²) >= 11 is 2.98. The molecule has 0 aromatic carbocycles. The van der Waals surface area contributed by atoms with Crippen molar-refractivity contribution >= 4 is 41.0 Å². The van der Waals surface area contributed by atoms with E-state index in [1.165, 1.54) is 23.5 Å². The minimum atomic E-state index is -0.493. The topological polar surface area (TPSA) is 47.3 Å². The number of aromatic nitrogens is 1. The van der Waals surface area contributed by atoms with Gasteiger partial charge in [-0.1, -0.05) is 6.07 Å². The summed E-state index contributed by atoms with van der Waals surface area (Å²) in [5.74, 6) is -0.730. The molecule has 4 nitrogen and oxygen atoms in total. The Bertz CT molecular complexity index is 500. The van der Waals surface area contributed by atoms with E-state index in [-0.39, 0.29) is 42.8 Å². The molecule has 116 valence electrons. The Balaban J connectivity index is 0.00000400. The van der Waals surface area contributed by atoms with E-state index in [4.69, 9.17) is 4.74 Å². The van der Waals surface area contributed by atoms with Crippen molar-refractivity contribution in [3.63, 3.8) is 0 Å². The molecule has 0 radical (unpaired) electrons. The molecule has 1 heterocycles. The van der Waals surface area contributed by atoms with Gasteiger partial charge in [0.1, 0.15) is 10.7 Å². The van der Waals surface area contributed by atoms with E-state index in [0.717, 1.165) is 4.24 Å². The molecule has 1 aromatic heterocycles. The van der Waals surface area contributed by atoms with Crippen LogP contribution in [0.5, 0.6) is 0 Å². The molecule has 21 heavy (non-hydrogen) atoms. The summed E-state index contributed by atoms with van der Waals surface area (Å²) in [6.45, 7) is 2.00. The lowest BCUT2D eigenvalue weighted by Gasteiger charge is -2.06. The molecule has 0 unspecified atom stereocenters.